The van der Waals surface area contributed by atoms with Gasteiger partial charge in [0.15, 0.2) is 0 Å². The Hall–Kier alpha value is -2.36. The average molecular weight is 258 g/mol. The highest BCUT2D eigenvalue weighted by atomic mass is 19.1. The number of rotatable bonds is 4. The molecule has 4 heteroatoms. The third-order valence-corrected chi connectivity index (χ3v) is 2.79. The van der Waals surface area contributed by atoms with Gasteiger partial charge in [-0.05, 0) is 24.3 Å². The van der Waals surface area contributed by atoms with Gasteiger partial charge in [0.05, 0.1) is 0 Å². The smallest absolute Gasteiger partial charge is 0.251 e. The molecular weight excluding hydrogens is 243 g/mol. The van der Waals surface area contributed by atoms with Crippen molar-refractivity contribution >= 4 is 11.6 Å². The fraction of sp³-hybridized carbons (Fsp3) is 0.133. The molecular formula is C15H15FN2O. The molecule has 0 atom stereocenters. The van der Waals surface area contributed by atoms with E-state index < -0.39 is 0 Å². The van der Waals surface area contributed by atoms with Crippen molar-refractivity contribution in [1.82, 2.24) is 5.32 Å². The van der Waals surface area contributed by atoms with Crippen LogP contribution in [0.1, 0.15) is 15.9 Å². The fourth-order valence-corrected chi connectivity index (χ4v) is 1.75. The molecule has 0 spiro atoms. The lowest BCUT2D eigenvalue weighted by Gasteiger charge is -2.08. The van der Waals surface area contributed by atoms with Crippen LogP contribution < -0.4 is 10.6 Å². The van der Waals surface area contributed by atoms with Crippen LogP contribution in [0.2, 0.25) is 0 Å². The molecule has 1 amide bonds. The molecule has 0 aliphatic carbocycles. The van der Waals surface area contributed by atoms with E-state index in [1.165, 1.54) is 6.07 Å². The van der Waals surface area contributed by atoms with Gasteiger partial charge in [-0.1, -0.05) is 24.3 Å². The number of hydrogen-bond acceptors (Lipinski definition) is 2. The van der Waals surface area contributed by atoms with Gasteiger partial charge < -0.3 is 10.6 Å². The first-order valence-corrected chi connectivity index (χ1v) is 6.00. The maximum Gasteiger partial charge on any atom is 0.251 e. The molecule has 2 aromatic rings. The average Bonchev–Trinajstić information content (AvgIpc) is 2.46. The van der Waals surface area contributed by atoms with E-state index in [0.29, 0.717) is 17.7 Å². The van der Waals surface area contributed by atoms with Crippen LogP contribution in [-0.4, -0.2) is 13.0 Å². The van der Waals surface area contributed by atoms with E-state index in [-0.39, 0.29) is 11.7 Å². The Labute approximate surface area is 111 Å². The number of halogens is 1. The third kappa shape index (κ3) is 3.31. The van der Waals surface area contributed by atoms with Gasteiger partial charge in [-0.25, -0.2) is 4.39 Å². The van der Waals surface area contributed by atoms with Crippen LogP contribution >= 0.6 is 0 Å². The molecule has 0 heterocycles. The van der Waals surface area contributed by atoms with Crippen molar-refractivity contribution in [3.8, 4) is 0 Å². The van der Waals surface area contributed by atoms with Gasteiger partial charge in [0.1, 0.15) is 5.82 Å². The van der Waals surface area contributed by atoms with E-state index in [4.69, 9.17) is 0 Å². The second-order valence-corrected chi connectivity index (χ2v) is 4.10. The summed E-state index contributed by atoms with van der Waals surface area (Å²) in [6.45, 7) is 0.379. The number of carbonyl (C=O) groups excluding carboxylic acids is 1. The highest BCUT2D eigenvalue weighted by Gasteiger charge is 2.04. The van der Waals surface area contributed by atoms with Crippen LogP contribution in [0.3, 0.4) is 0 Å². The van der Waals surface area contributed by atoms with Crippen LogP contribution in [0.5, 0.6) is 0 Å². The number of nitrogens with one attached hydrogen (secondary N) is 2. The molecule has 0 aromatic heterocycles. The second kappa shape index (κ2) is 6.00. The zero-order valence-corrected chi connectivity index (χ0v) is 10.6. The molecule has 2 rings (SSSR count). The van der Waals surface area contributed by atoms with E-state index >= 15 is 0 Å². The molecule has 0 fully saturated rings. The minimum Gasteiger partial charge on any atom is -0.381 e. The van der Waals surface area contributed by atoms with E-state index in [2.05, 4.69) is 10.6 Å². The second-order valence-electron chi connectivity index (χ2n) is 4.10. The Kier molecular flexibility index (Phi) is 4.13. The summed E-state index contributed by atoms with van der Waals surface area (Å²) in [5, 5.41) is 5.67. The molecule has 0 bridgehead atoms. The highest BCUT2D eigenvalue weighted by molar-refractivity contribution is 5.94. The summed E-state index contributed by atoms with van der Waals surface area (Å²) in [7, 11) is 1.59. The summed E-state index contributed by atoms with van der Waals surface area (Å²) in [6, 6.07) is 13.7. The molecule has 98 valence electrons. The predicted molar refractivity (Wildman–Crippen MR) is 73.6 cm³/mol. The summed E-state index contributed by atoms with van der Waals surface area (Å²) < 4.78 is 13.5. The largest absolute Gasteiger partial charge is 0.381 e. The van der Waals surface area contributed by atoms with E-state index in [1.807, 2.05) is 6.07 Å². The summed E-state index contributed by atoms with van der Waals surface area (Å²) >= 11 is 0. The minimum absolute atomic E-state index is 0.144. The van der Waals surface area contributed by atoms with Crippen molar-refractivity contribution in [2.45, 2.75) is 6.54 Å². The molecule has 0 radical (unpaired) electrons. The van der Waals surface area contributed by atoms with Crippen LogP contribution in [0.4, 0.5) is 10.1 Å². The predicted octanol–water partition coefficient (Wildman–Crippen LogP) is 2.80. The molecule has 2 N–H and O–H groups in total. The quantitative estimate of drug-likeness (QED) is 0.885. The molecule has 2 aromatic carbocycles. The maximum absolute atomic E-state index is 13.5. The lowest BCUT2D eigenvalue weighted by atomic mass is 10.1. The van der Waals surface area contributed by atoms with Crippen molar-refractivity contribution < 1.29 is 9.18 Å². The first kappa shape index (κ1) is 13.1. The zero-order valence-electron chi connectivity index (χ0n) is 10.6. The number of carbonyl (C=O) groups is 1. The Morgan fingerprint density at radius 1 is 1.16 bits per heavy atom. The van der Waals surface area contributed by atoms with Crippen molar-refractivity contribution in [2.75, 3.05) is 12.4 Å². The Bertz CT molecular complexity index is 584. The maximum atomic E-state index is 13.5. The van der Waals surface area contributed by atoms with Crippen LogP contribution in [0.15, 0.2) is 48.5 Å². The molecule has 0 unspecified atom stereocenters. The van der Waals surface area contributed by atoms with Crippen molar-refractivity contribution in [3.05, 3.63) is 65.5 Å². The van der Waals surface area contributed by atoms with Gasteiger partial charge >= 0.3 is 0 Å². The Morgan fingerprint density at radius 3 is 2.68 bits per heavy atom. The lowest BCUT2D eigenvalue weighted by molar-refractivity contribution is 0.0963. The van der Waals surface area contributed by atoms with Crippen LogP contribution in [0.25, 0.3) is 0 Å². The van der Waals surface area contributed by atoms with Gasteiger partial charge in [0.25, 0.3) is 5.91 Å². The number of amides is 1. The summed E-state index contributed by atoms with van der Waals surface area (Å²) in [6.07, 6.45) is 0. The summed E-state index contributed by atoms with van der Waals surface area (Å²) in [5.74, 6) is -0.382. The van der Waals surface area contributed by atoms with Gasteiger partial charge in [-0.2, -0.15) is 0 Å². The van der Waals surface area contributed by atoms with E-state index in [9.17, 15) is 9.18 Å². The normalized spacial score (nSPS) is 10.0. The Morgan fingerprint density at radius 2 is 1.95 bits per heavy atom. The first-order chi connectivity index (χ1) is 9.20. The first-order valence-electron chi connectivity index (χ1n) is 6.00. The highest BCUT2D eigenvalue weighted by Crippen LogP contribution is 2.13. The van der Waals surface area contributed by atoms with Gasteiger partial charge in [0.2, 0.25) is 0 Å². The van der Waals surface area contributed by atoms with Crippen molar-refractivity contribution in [2.24, 2.45) is 0 Å². The number of benzene rings is 2. The molecule has 0 aliphatic heterocycles. The fourth-order valence-electron chi connectivity index (χ4n) is 1.75. The third-order valence-electron chi connectivity index (χ3n) is 2.79. The van der Waals surface area contributed by atoms with Crippen LogP contribution in [-0.2, 0) is 6.54 Å². The van der Waals surface area contributed by atoms with Crippen molar-refractivity contribution in [1.29, 1.82) is 0 Å². The molecule has 19 heavy (non-hydrogen) atoms. The molecule has 0 aliphatic rings. The van der Waals surface area contributed by atoms with Crippen LogP contribution in [0, 0.1) is 5.82 Å². The number of hydrogen-bond donors (Lipinski definition) is 2. The molecule has 0 saturated carbocycles. The van der Waals surface area contributed by atoms with E-state index in [0.717, 1.165) is 5.69 Å². The lowest BCUT2D eigenvalue weighted by Crippen LogP contribution is -2.17. The van der Waals surface area contributed by atoms with Gasteiger partial charge in [-0.3, -0.25) is 4.79 Å². The van der Waals surface area contributed by atoms with Gasteiger partial charge in [-0.15, -0.1) is 0 Å². The topological polar surface area (TPSA) is 41.1 Å². The summed E-state index contributed by atoms with van der Waals surface area (Å²) in [4.78, 5) is 11.5. The van der Waals surface area contributed by atoms with E-state index in [1.54, 1.807) is 43.4 Å². The SMILES string of the molecule is CNC(=O)c1cccc(NCc2ccccc2F)c1. The molecule has 0 saturated heterocycles. The standard InChI is InChI=1S/C15H15FN2O/c1-17-15(19)11-6-4-7-13(9-11)18-10-12-5-2-3-8-14(12)16/h2-9,18H,10H2,1H3,(H,17,19). The Balaban J connectivity index is 2.08. The van der Waals surface area contributed by atoms with Gasteiger partial charge in [0, 0.05) is 30.4 Å². The molecule has 3 nitrogen and oxygen atoms in total. The minimum atomic E-state index is -0.238. The monoisotopic (exact) mass is 258 g/mol. The number of anilines is 1. The summed E-state index contributed by atoms with van der Waals surface area (Å²) in [5.41, 5.74) is 1.94. The van der Waals surface area contributed by atoms with Crippen molar-refractivity contribution in [3.63, 3.8) is 0 Å². The zero-order chi connectivity index (χ0) is 13.7.